The summed E-state index contributed by atoms with van der Waals surface area (Å²) < 4.78 is 14.9. The highest BCUT2D eigenvalue weighted by Crippen LogP contribution is 2.28. The average Bonchev–Trinajstić information content (AvgIpc) is 3.01. The van der Waals surface area contributed by atoms with E-state index in [4.69, 9.17) is 4.98 Å². The molecule has 0 saturated heterocycles. The molecule has 1 aliphatic rings. The molecule has 1 aromatic carbocycles. The fourth-order valence-corrected chi connectivity index (χ4v) is 4.81. The zero-order chi connectivity index (χ0) is 18.1. The number of hydrogen-bond acceptors (Lipinski definition) is 4. The number of benzene rings is 1. The lowest BCUT2D eigenvalue weighted by Gasteiger charge is -2.20. The van der Waals surface area contributed by atoms with Crippen LogP contribution in [0.3, 0.4) is 0 Å². The molecule has 0 radical (unpaired) electrons. The third kappa shape index (κ3) is 3.44. The molecule has 2 aromatic heterocycles. The summed E-state index contributed by atoms with van der Waals surface area (Å²) in [6, 6.07) is 8.24. The minimum absolute atomic E-state index is 0.0298. The number of aromatic nitrogens is 2. The van der Waals surface area contributed by atoms with Gasteiger partial charge in [0, 0.05) is 29.7 Å². The standard InChI is InChI=1S/C20H22FN3OS/c1-2-23(12-14-7-9-15(21)10-8-14)13-16-11-19(25)24-17-5-3-4-6-18(17)26-20(24)22-16/h7-11H,2-6,12-13H2,1H3. The van der Waals surface area contributed by atoms with Gasteiger partial charge in [0.2, 0.25) is 0 Å². The molecule has 0 fully saturated rings. The van der Waals surface area contributed by atoms with Gasteiger partial charge in [-0.3, -0.25) is 14.1 Å². The molecule has 26 heavy (non-hydrogen) atoms. The minimum Gasteiger partial charge on any atom is -0.294 e. The second-order valence-electron chi connectivity index (χ2n) is 6.81. The molecule has 0 unspecified atom stereocenters. The maximum Gasteiger partial charge on any atom is 0.259 e. The zero-order valence-corrected chi connectivity index (χ0v) is 15.7. The van der Waals surface area contributed by atoms with Crippen LogP contribution in [0.5, 0.6) is 0 Å². The lowest BCUT2D eigenvalue weighted by Crippen LogP contribution is -2.25. The molecule has 6 heteroatoms. The molecule has 0 spiro atoms. The van der Waals surface area contributed by atoms with Gasteiger partial charge < -0.3 is 0 Å². The van der Waals surface area contributed by atoms with E-state index in [0.29, 0.717) is 13.1 Å². The first-order chi connectivity index (χ1) is 12.6. The van der Waals surface area contributed by atoms with E-state index in [1.165, 1.54) is 29.1 Å². The molecule has 136 valence electrons. The van der Waals surface area contributed by atoms with E-state index < -0.39 is 0 Å². The molecule has 0 amide bonds. The van der Waals surface area contributed by atoms with E-state index in [9.17, 15) is 9.18 Å². The van der Waals surface area contributed by atoms with Crippen molar-refractivity contribution in [3.8, 4) is 0 Å². The second kappa shape index (κ2) is 7.29. The third-order valence-corrected chi connectivity index (χ3v) is 6.11. The molecule has 2 heterocycles. The quantitative estimate of drug-likeness (QED) is 0.685. The third-order valence-electron chi connectivity index (χ3n) is 4.97. The summed E-state index contributed by atoms with van der Waals surface area (Å²) >= 11 is 1.66. The number of halogens is 1. The van der Waals surface area contributed by atoms with Crippen molar-refractivity contribution in [1.82, 2.24) is 14.3 Å². The Hall–Kier alpha value is -2.05. The molecular weight excluding hydrogens is 349 g/mol. The van der Waals surface area contributed by atoms with Crippen molar-refractivity contribution in [2.75, 3.05) is 6.54 Å². The van der Waals surface area contributed by atoms with Crippen molar-refractivity contribution >= 4 is 16.3 Å². The number of fused-ring (bicyclic) bond motifs is 3. The Morgan fingerprint density at radius 1 is 1.19 bits per heavy atom. The Balaban J connectivity index is 1.59. The Labute approximate surface area is 155 Å². The summed E-state index contributed by atoms with van der Waals surface area (Å²) in [6.07, 6.45) is 4.38. The van der Waals surface area contributed by atoms with Gasteiger partial charge in [0.15, 0.2) is 4.96 Å². The number of nitrogens with zero attached hydrogens (tertiary/aromatic N) is 3. The van der Waals surface area contributed by atoms with Crippen molar-refractivity contribution in [2.45, 2.75) is 45.7 Å². The molecule has 0 bridgehead atoms. The van der Waals surface area contributed by atoms with Gasteiger partial charge in [-0.1, -0.05) is 19.1 Å². The van der Waals surface area contributed by atoms with Crippen LogP contribution in [-0.4, -0.2) is 20.8 Å². The Morgan fingerprint density at radius 2 is 1.96 bits per heavy atom. The molecule has 4 rings (SSSR count). The largest absolute Gasteiger partial charge is 0.294 e. The molecule has 0 saturated carbocycles. The van der Waals surface area contributed by atoms with Crippen LogP contribution in [0.2, 0.25) is 0 Å². The van der Waals surface area contributed by atoms with E-state index in [-0.39, 0.29) is 11.4 Å². The number of thiazole rings is 1. The first-order valence-corrected chi connectivity index (χ1v) is 9.95. The highest BCUT2D eigenvalue weighted by Gasteiger charge is 2.19. The molecule has 3 aromatic rings. The van der Waals surface area contributed by atoms with E-state index in [2.05, 4.69) is 11.8 Å². The minimum atomic E-state index is -0.224. The molecule has 4 nitrogen and oxygen atoms in total. The number of hydrogen-bond donors (Lipinski definition) is 0. The molecule has 1 aliphatic carbocycles. The summed E-state index contributed by atoms with van der Waals surface area (Å²) in [7, 11) is 0. The summed E-state index contributed by atoms with van der Waals surface area (Å²) in [5, 5.41) is 0. The normalized spacial score (nSPS) is 14.1. The number of aryl methyl sites for hydroxylation is 2. The fraction of sp³-hybridized carbons (Fsp3) is 0.400. The summed E-state index contributed by atoms with van der Waals surface area (Å²) in [5.74, 6) is -0.224. The van der Waals surface area contributed by atoms with Crippen LogP contribution in [-0.2, 0) is 25.9 Å². The predicted octanol–water partition coefficient (Wildman–Crippen LogP) is 3.80. The topological polar surface area (TPSA) is 37.6 Å². The smallest absolute Gasteiger partial charge is 0.259 e. The van der Waals surface area contributed by atoms with Crippen molar-refractivity contribution in [2.24, 2.45) is 0 Å². The molecule has 0 aliphatic heterocycles. The maximum atomic E-state index is 13.1. The van der Waals surface area contributed by atoms with Crippen LogP contribution in [0.15, 0.2) is 35.1 Å². The second-order valence-corrected chi connectivity index (χ2v) is 7.87. The molecular formula is C20H22FN3OS. The summed E-state index contributed by atoms with van der Waals surface area (Å²) in [5.41, 5.74) is 3.05. The molecule has 0 atom stereocenters. The van der Waals surface area contributed by atoms with Gasteiger partial charge in [-0.25, -0.2) is 9.37 Å². The van der Waals surface area contributed by atoms with E-state index >= 15 is 0 Å². The Morgan fingerprint density at radius 3 is 2.73 bits per heavy atom. The lowest BCUT2D eigenvalue weighted by atomic mass is 10.0. The summed E-state index contributed by atoms with van der Waals surface area (Å²) in [6.45, 7) is 4.24. The lowest BCUT2D eigenvalue weighted by molar-refractivity contribution is 0.268. The maximum absolute atomic E-state index is 13.1. The van der Waals surface area contributed by atoms with Crippen LogP contribution in [0, 0.1) is 5.82 Å². The van der Waals surface area contributed by atoms with Gasteiger partial charge in [0.1, 0.15) is 5.82 Å². The zero-order valence-electron chi connectivity index (χ0n) is 14.9. The fourth-order valence-electron chi connectivity index (χ4n) is 3.58. The Kier molecular flexibility index (Phi) is 4.87. The van der Waals surface area contributed by atoms with Gasteiger partial charge in [-0.2, -0.15) is 0 Å². The number of rotatable bonds is 5. The highest BCUT2D eigenvalue weighted by molar-refractivity contribution is 7.17. The summed E-state index contributed by atoms with van der Waals surface area (Å²) in [4.78, 5) is 21.8. The van der Waals surface area contributed by atoms with Crippen molar-refractivity contribution < 1.29 is 4.39 Å². The van der Waals surface area contributed by atoms with E-state index in [1.54, 1.807) is 33.9 Å². The van der Waals surface area contributed by atoms with Crippen LogP contribution >= 0.6 is 11.3 Å². The average molecular weight is 371 g/mol. The highest BCUT2D eigenvalue weighted by atomic mass is 32.1. The van der Waals surface area contributed by atoms with Gasteiger partial charge in [-0.05, 0) is 49.9 Å². The molecule has 0 N–H and O–H groups in total. The van der Waals surface area contributed by atoms with Crippen LogP contribution in [0.1, 0.15) is 41.6 Å². The van der Waals surface area contributed by atoms with E-state index in [1.807, 2.05) is 0 Å². The predicted molar refractivity (Wildman–Crippen MR) is 102 cm³/mol. The van der Waals surface area contributed by atoms with E-state index in [0.717, 1.165) is 42.0 Å². The van der Waals surface area contributed by atoms with Crippen LogP contribution in [0.25, 0.3) is 4.96 Å². The van der Waals surface area contributed by atoms with Crippen molar-refractivity contribution in [1.29, 1.82) is 0 Å². The Bertz CT molecular complexity index is 977. The van der Waals surface area contributed by atoms with Crippen LogP contribution < -0.4 is 5.56 Å². The van der Waals surface area contributed by atoms with Crippen LogP contribution in [0.4, 0.5) is 4.39 Å². The first-order valence-electron chi connectivity index (χ1n) is 9.14. The first kappa shape index (κ1) is 17.4. The SMILES string of the molecule is CCN(Cc1ccc(F)cc1)Cc1cc(=O)n2c3c(sc2n1)CCCC3. The van der Waals surface area contributed by atoms with Gasteiger partial charge >= 0.3 is 0 Å². The van der Waals surface area contributed by atoms with Crippen molar-refractivity contribution in [3.63, 3.8) is 0 Å². The van der Waals surface area contributed by atoms with Crippen molar-refractivity contribution in [3.05, 3.63) is 68.3 Å². The van der Waals surface area contributed by atoms with Gasteiger partial charge in [0.25, 0.3) is 5.56 Å². The van der Waals surface area contributed by atoms with Gasteiger partial charge in [0.05, 0.1) is 5.69 Å². The monoisotopic (exact) mass is 371 g/mol. The van der Waals surface area contributed by atoms with Gasteiger partial charge in [-0.15, -0.1) is 11.3 Å².